The average molecular weight is 586 g/mol. The van der Waals surface area contributed by atoms with E-state index in [9.17, 15) is 31.1 Å². The maximum Gasteiger partial charge on any atom is 0.490 e. The van der Waals surface area contributed by atoms with Crippen LogP contribution >= 0.6 is 0 Å². The molecule has 2 fully saturated rings. The number of carboxylic acid groups (broad SMARTS) is 2. The molecule has 4 N–H and O–H groups in total. The summed E-state index contributed by atoms with van der Waals surface area (Å²) in [7, 11) is 0. The van der Waals surface area contributed by atoms with Gasteiger partial charge in [-0.05, 0) is 67.6 Å². The summed E-state index contributed by atoms with van der Waals surface area (Å²) in [5.41, 5.74) is 4.26. The molecule has 2 aliphatic rings. The number of hydrogen-bond donors (Lipinski definition) is 4. The predicted octanol–water partition coefficient (Wildman–Crippen LogP) is 5.00. The molecule has 1 amide bonds. The molecule has 5 rings (SSSR count). The van der Waals surface area contributed by atoms with Crippen LogP contribution in [0.4, 0.5) is 32.0 Å². The minimum Gasteiger partial charge on any atom is -0.475 e. The number of carbonyl (C=O) groups is 3. The van der Waals surface area contributed by atoms with Crippen molar-refractivity contribution in [2.45, 2.75) is 43.6 Å². The van der Waals surface area contributed by atoms with Gasteiger partial charge in [-0.25, -0.2) is 9.59 Å². The first kappa shape index (κ1) is 31.3. The molecule has 0 saturated heterocycles. The van der Waals surface area contributed by atoms with Crippen LogP contribution < -0.4 is 10.6 Å². The van der Waals surface area contributed by atoms with Crippen molar-refractivity contribution in [3.05, 3.63) is 66.0 Å². The number of halogens is 6. The lowest BCUT2D eigenvalue weighted by Crippen LogP contribution is -2.21. The first-order valence-corrected chi connectivity index (χ1v) is 12.1. The summed E-state index contributed by atoms with van der Waals surface area (Å²) in [6, 6.07) is 14.2. The lowest BCUT2D eigenvalue weighted by Gasteiger charge is -2.08. The Bertz CT molecular complexity index is 1370. The van der Waals surface area contributed by atoms with Gasteiger partial charge in [-0.2, -0.15) is 26.3 Å². The monoisotopic (exact) mass is 586 g/mol. The topological polar surface area (TPSA) is 142 Å². The van der Waals surface area contributed by atoms with Crippen molar-refractivity contribution in [1.82, 2.24) is 15.3 Å². The van der Waals surface area contributed by atoms with Crippen molar-refractivity contribution in [2.24, 2.45) is 5.92 Å². The van der Waals surface area contributed by atoms with Crippen LogP contribution in [0.2, 0.25) is 0 Å². The second-order valence-electron chi connectivity index (χ2n) is 9.25. The quantitative estimate of drug-likeness (QED) is 0.296. The number of aromatic nitrogens is 2. The van der Waals surface area contributed by atoms with Gasteiger partial charge in [0.05, 0.1) is 11.0 Å². The number of aliphatic carboxylic acids is 2. The van der Waals surface area contributed by atoms with E-state index in [0.717, 1.165) is 29.2 Å². The van der Waals surface area contributed by atoms with Crippen LogP contribution in [0.1, 0.15) is 41.1 Å². The first-order valence-electron chi connectivity index (χ1n) is 12.1. The van der Waals surface area contributed by atoms with Crippen LogP contribution in [-0.2, 0) is 9.59 Å². The number of alkyl halides is 6. The Morgan fingerprint density at radius 1 is 0.854 bits per heavy atom. The number of nitrogens with one attached hydrogen (secondary N) is 2. The average Bonchev–Trinajstić information content (AvgIpc) is 3.83. The molecule has 0 spiro atoms. The zero-order valence-electron chi connectivity index (χ0n) is 21.0. The number of nitrogens with zero attached hydrogens (tertiary/aromatic N) is 2. The molecule has 1 heterocycles. The highest BCUT2D eigenvalue weighted by Gasteiger charge is 2.40. The maximum atomic E-state index is 12.7. The fourth-order valence-corrected chi connectivity index (χ4v) is 3.58. The molecular formula is C26H24F6N4O5. The van der Waals surface area contributed by atoms with E-state index >= 15 is 0 Å². The van der Waals surface area contributed by atoms with Crippen molar-refractivity contribution >= 4 is 34.6 Å². The second-order valence-corrected chi connectivity index (χ2v) is 9.25. The SMILES string of the molecule is O=C(Nc1ccc2nccnc2c1)c1cccc(C2CC2NCC2CC2)c1.O=C(O)C(F)(F)F.O=C(O)C(F)(F)F. The van der Waals surface area contributed by atoms with E-state index in [1.165, 1.54) is 24.8 Å². The van der Waals surface area contributed by atoms with Crippen molar-refractivity contribution in [3.63, 3.8) is 0 Å². The summed E-state index contributed by atoms with van der Waals surface area (Å²) in [5.74, 6) is -4.18. The number of carbonyl (C=O) groups excluding carboxylic acids is 1. The van der Waals surface area contributed by atoms with Crippen LogP contribution in [0, 0.1) is 5.92 Å². The molecule has 2 aromatic carbocycles. The number of amides is 1. The van der Waals surface area contributed by atoms with Gasteiger partial charge < -0.3 is 20.8 Å². The van der Waals surface area contributed by atoms with E-state index in [2.05, 4.69) is 26.7 Å². The van der Waals surface area contributed by atoms with Gasteiger partial charge in [0.25, 0.3) is 5.91 Å². The normalized spacial score (nSPS) is 17.8. The summed E-state index contributed by atoms with van der Waals surface area (Å²) in [6.45, 7) is 1.15. The molecule has 2 saturated carbocycles. The van der Waals surface area contributed by atoms with Gasteiger partial charge in [0.15, 0.2) is 0 Å². The van der Waals surface area contributed by atoms with Crippen LogP contribution in [-0.4, -0.2) is 63.0 Å². The molecule has 0 aliphatic heterocycles. The standard InChI is InChI=1S/C22H22N4O.2C2HF3O2/c27-22(26-17-6-7-19-21(11-17)24-9-8-23-19)16-3-1-2-15(10-16)18-12-20(18)25-13-14-4-5-14;2*3-2(4,5)1(6)7/h1-3,6-11,14,18,20,25H,4-5,12-13H2,(H,26,27);2*(H,6,7). The highest BCUT2D eigenvalue weighted by molar-refractivity contribution is 6.05. The summed E-state index contributed by atoms with van der Waals surface area (Å²) < 4.78 is 63.5. The highest BCUT2D eigenvalue weighted by Crippen LogP contribution is 2.42. The molecule has 3 aromatic rings. The zero-order chi connectivity index (χ0) is 30.4. The van der Waals surface area contributed by atoms with Crippen LogP contribution in [0.5, 0.6) is 0 Å². The molecule has 41 heavy (non-hydrogen) atoms. The molecule has 220 valence electrons. The molecule has 15 heteroatoms. The third-order valence-corrected chi connectivity index (χ3v) is 5.95. The lowest BCUT2D eigenvalue weighted by atomic mass is 10.1. The number of anilines is 1. The van der Waals surface area contributed by atoms with E-state index in [1.807, 2.05) is 36.4 Å². The van der Waals surface area contributed by atoms with Crippen LogP contribution in [0.25, 0.3) is 11.0 Å². The van der Waals surface area contributed by atoms with Crippen molar-refractivity contribution in [1.29, 1.82) is 0 Å². The third-order valence-electron chi connectivity index (χ3n) is 5.95. The van der Waals surface area contributed by atoms with E-state index in [4.69, 9.17) is 19.8 Å². The fraction of sp³-hybridized carbons (Fsp3) is 0.346. The molecule has 2 aliphatic carbocycles. The molecule has 2 atom stereocenters. The second kappa shape index (κ2) is 12.9. The molecule has 1 aromatic heterocycles. The van der Waals surface area contributed by atoms with Gasteiger partial charge >= 0.3 is 24.3 Å². The number of benzene rings is 2. The van der Waals surface area contributed by atoms with Gasteiger partial charge in [-0.3, -0.25) is 14.8 Å². The Kier molecular flexibility index (Phi) is 9.86. The van der Waals surface area contributed by atoms with Gasteiger partial charge in [-0.1, -0.05) is 12.1 Å². The molecular weight excluding hydrogens is 562 g/mol. The summed E-state index contributed by atoms with van der Waals surface area (Å²) >= 11 is 0. The predicted molar refractivity (Wildman–Crippen MR) is 133 cm³/mol. The summed E-state index contributed by atoms with van der Waals surface area (Å²) in [5, 5.41) is 20.9. The van der Waals surface area contributed by atoms with Crippen molar-refractivity contribution in [2.75, 3.05) is 11.9 Å². The number of fused-ring (bicyclic) bond motifs is 1. The van der Waals surface area contributed by atoms with Crippen molar-refractivity contribution in [3.8, 4) is 0 Å². The van der Waals surface area contributed by atoms with Gasteiger partial charge in [0.2, 0.25) is 0 Å². The smallest absolute Gasteiger partial charge is 0.475 e. The molecule has 2 unspecified atom stereocenters. The number of rotatable bonds is 6. The van der Waals surface area contributed by atoms with E-state index in [-0.39, 0.29) is 5.91 Å². The van der Waals surface area contributed by atoms with Crippen molar-refractivity contribution < 1.29 is 50.9 Å². The Morgan fingerprint density at radius 3 is 2.00 bits per heavy atom. The van der Waals surface area contributed by atoms with Crippen LogP contribution in [0.15, 0.2) is 54.9 Å². The first-order chi connectivity index (χ1) is 19.1. The molecule has 9 nitrogen and oxygen atoms in total. The largest absolute Gasteiger partial charge is 0.490 e. The Labute approximate surface area is 228 Å². The Hall–Kier alpha value is -4.27. The zero-order valence-corrected chi connectivity index (χ0v) is 21.0. The summed E-state index contributed by atoms with van der Waals surface area (Å²) in [4.78, 5) is 39.0. The van der Waals surface area contributed by atoms with E-state index < -0.39 is 24.3 Å². The minimum absolute atomic E-state index is 0.0942. The van der Waals surface area contributed by atoms with E-state index in [1.54, 1.807) is 12.4 Å². The Balaban J connectivity index is 0.000000276. The maximum absolute atomic E-state index is 12.7. The van der Waals surface area contributed by atoms with Gasteiger partial charge in [-0.15, -0.1) is 0 Å². The van der Waals surface area contributed by atoms with Crippen LogP contribution in [0.3, 0.4) is 0 Å². The minimum atomic E-state index is -5.08. The number of hydrogen-bond acceptors (Lipinski definition) is 6. The summed E-state index contributed by atoms with van der Waals surface area (Å²) in [6.07, 6.45) is -2.93. The third kappa shape index (κ3) is 10.0. The Morgan fingerprint density at radius 2 is 1.44 bits per heavy atom. The number of carboxylic acids is 2. The lowest BCUT2D eigenvalue weighted by molar-refractivity contribution is -0.193. The highest BCUT2D eigenvalue weighted by atomic mass is 19.4. The fourth-order valence-electron chi connectivity index (χ4n) is 3.58. The van der Waals surface area contributed by atoms with Gasteiger partial charge in [0, 0.05) is 35.6 Å². The molecule has 0 bridgehead atoms. The van der Waals surface area contributed by atoms with Gasteiger partial charge in [0.1, 0.15) is 0 Å². The van der Waals surface area contributed by atoms with E-state index in [0.29, 0.717) is 17.5 Å². The molecule has 0 radical (unpaired) electrons.